The summed E-state index contributed by atoms with van der Waals surface area (Å²) in [5.41, 5.74) is 0.959. The van der Waals surface area contributed by atoms with E-state index in [1.54, 1.807) is 17.8 Å². The zero-order valence-corrected chi connectivity index (χ0v) is 14.9. The van der Waals surface area contributed by atoms with Crippen LogP contribution in [0.2, 0.25) is 0 Å². The Bertz CT molecular complexity index is 760. The van der Waals surface area contributed by atoms with E-state index in [2.05, 4.69) is 15.8 Å². The molecule has 0 aliphatic heterocycles. The molecule has 0 atom stereocenters. The number of thioether (sulfide) groups is 1. The molecule has 1 aromatic carbocycles. The molecule has 0 saturated heterocycles. The summed E-state index contributed by atoms with van der Waals surface area (Å²) in [7, 11) is 0. The number of aryl methyl sites for hydroxylation is 1. The standard InChI is InChI=1S/C17H21FN2OS2/c1-22-10-9-20-14-8-7-13(18)11-15(14)23-17(20)19-16(21)12-5-3-2-4-6-12/h7-8,11-12H,2-6,9-10H2,1H3. The predicted octanol–water partition coefficient (Wildman–Crippen LogP) is 4.21. The Morgan fingerprint density at radius 1 is 1.39 bits per heavy atom. The Labute approximate surface area is 143 Å². The van der Waals surface area contributed by atoms with Crippen molar-refractivity contribution in [1.82, 2.24) is 4.57 Å². The molecule has 3 nitrogen and oxygen atoms in total. The molecule has 0 radical (unpaired) electrons. The number of hydrogen-bond donors (Lipinski definition) is 0. The van der Waals surface area contributed by atoms with Crippen molar-refractivity contribution in [2.45, 2.75) is 38.6 Å². The van der Waals surface area contributed by atoms with Gasteiger partial charge in [-0.15, -0.1) is 0 Å². The first-order valence-corrected chi connectivity index (χ1v) is 10.3. The maximum Gasteiger partial charge on any atom is 0.251 e. The summed E-state index contributed by atoms with van der Waals surface area (Å²) in [4.78, 5) is 17.6. The van der Waals surface area contributed by atoms with Crippen molar-refractivity contribution in [3.8, 4) is 0 Å². The van der Waals surface area contributed by atoms with Crippen molar-refractivity contribution in [1.29, 1.82) is 0 Å². The van der Waals surface area contributed by atoms with Crippen LogP contribution in [0, 0.1) is 11.7 Å². The Hall–Kier alpha value is -1.14. The van der Waals surface area contributed by atoms with E-state index in [0.717, 1.165) is 48.2 Å². The highest BCUT2D eigenvalue weighted by molar-refractivity contribution is 7.98. The summed E-state index contributed by atoms with van der Waals surface area (Å²) < 4.78 is 16.4. The van der Waals surface area contributed by atoms with Crippen LogP contribution in [0.5, 0.6) is 0 Å². The minimum Gasteiger partial charge on any atom is -0.316 e. The summed E-state index contributed by atoms with van der Waals surface area (Å²) in [5, 5.41) is 0. The lowest BCUT2D eigenvalue weighted by Crippen LogP contribution is -2.22. The molecule has 0 bridgehead atoms. The van der Waals surface area contributed by atoms with E-state index in [1.807, 2.05) is 0 Å². The lowest BCUT2D eigenvalue weighted by Gasteiger charge is -2.17. The molecule has 124 valence electrons. The zero-order valence-electron chi connectivity index (χ0n) is 13.3. The molecule has 3 rings (SSSR count). The fraction of sp³-hybridized carbons (Fsp3) is 0.529. The third-order valence-corrected chi connectivity index (χ3v) is 5.96. The topological polar surface area (TPSA) is 34.4 Å². The van der Waals surface area contributed by atoms with Gasteiger partial charge in [-0.25, -0.2) is 4.39 Å². The minimum absolute atomic E-state index is 0.00497. The molecule has 0 unspecified atom stereocenters. The summed E-state index contributed by atoms with van der Waals surface area (Å²) in [5.74, 6) is 0.754. The van der Waals surface area contributed by atoms with Crippen LogP contribution in [0.15, 0.2) is 23.2 Å². The summed E-state index contributed by atoms with van der Waals surface area (Å²) in [6, 6.07) is 4.78. The highest BCUT2D eigenvalue weighted by atomic mass is 32.2. The van der Waals surface area contributed by atoms with Gasteiger partial charge < -0.3 is 4.57 Å². The number of hydrogen-bond acceptors (Lipinski definition) is 3. The summed E-state index contributed by atoms with van der Waals surface area (Å²) in [6.45, 7) is 0.781. The average molecular weight is 352 g/mol. The smallest absolute Gasteiger partial charge is 0.251 e. The first kappa shape index (κ1) is 16.7. The van der Waals surface area contributed by atoms with E-state index in [1.165, 1.54) is 29.9 Å². The van der Waals surface area contributed by atoms with Crippen molar-refractivity contribution in [3.63, 3.8) is 0 Å². The fourth-order valence-corrected chi connectivity index (χ4v) is 4.52. The minimum atomic E-state index is -0.249. The van der Waals surface area contributed by atoms with Gasteiger partial charge in [-0.2, -0.15) is 16.8 Å². The summed E-state index contributed by atoms with van der Waals surface area (Å²) in [6.07, 6.45) is 7.42. The normalized spacial score (nSPS) is 17.0. The highest BCUT2D eigenvalue weighted by Gasteiger charge is 2.21. The molecule has 1 amide bonds. The SMILES string of the molecule is CSCCn1c(=NC(=O)C2CCCCC2)sc2cc(F)ccc21. The maximum atomic E-state index is 13.5. The Morgan fingerprint density at radius 2 is 2.17 bits per heavy atom. The maximum absolute atomic E-state index is 13.5. The highest BCUT2D eigenvalue weighted by Crippen LogP contribution is 2.25. The second-order valence-corrected chi connectivity index (χ2v) is 7.92. The van der Waals surface area contributed by atoms with Gasteiger partial charge in [0.15, 0.2) is 4.80 Å². The van der Waals surface area contributed by atoms with Crippen molar-refractivity contribution in [2.24, 2.45) is 10.9 Å². The van der Waals surface area contributed by atoms with Gasteiger partial charge in [-0.3, -0.25) is 4.79 Å². The number of thiazole rings is 1. The van der Waals surface area contributed by atoms with Gasteiger partial charge in [0.1, 0.15) is 5.82 Å². The number of benzene rings is 1. The molecular weight excluding hydrogens is 331 g/mol. The number of carbonyl (C=O) groups is 1. The third kappa shape index (κ3) is 3.86. The van der Waals surface area contributed by atoms with Crippen LogP contribution >= 0.6 is 23.1 Å². The number of carbonyl (C=O) groups excluding carboxylic acids is 1. The largest absolute Gasteiger partial charge is 0.316 e. The van der Waals surface area contributed by atoms with Crippen LogP contribution in [0.4, 0.5) is 4.39 Å². The number of halogens is 1. The lowest BCUT2D eigenvalue weighted by molar-refractivity contribution is -0.122. The third-order valence-electron chi connectivity index (χ3n) is 4.32. The Kier molecular flexibility index (Phi) is 5.54. The molecule has 1 saturated carbocycles. The number of rotatable bonds is 4. The fourth-order valence-electron chi connectivity index (χ4n) is 3.07. The molecule has 6 heteroatoms. The molecule has 1 aliphatic carbocycles. The molecule has 2 aromatic rings. The van der Waals surface area contributed by atoms with Crippen molar-refractivity contribution < 1.29 is 9.18 Å². The van der Waals surface area contributed by atoms with E-state index in [9.17, 15) is 9.18 Å². The quantitative estimate of drug-likeness (QED) is 0.826. The first-order chi connectivity index (χ1) is 11.2. The molecule has 0 spiro atoms. The van der Waals surface area contributed by atoms with Gasteiger partial charge in [0, 0.05) is 18.2 Å². The zero-order chi connectivity index (χ0) is 16.2. The molecule has 1 fully saturated rings. The van der Waals surface area contributed by atoms with Gasteiger partial charge in [-0.1, -0.05) is 30.6 Å². The Morgan fingerprint density at radius 3 is 2.91 bits per heavy atom. The second kappa shape index (κ2) is 7.62. The second-order valence-electron chi connectivity index (χ2n) is 5.93. The summed E-state index contributed by atoms with van der Waals surface area (Å²) >= 11 is 3.16. The van der Waals surface area contributed by atoms with Crippen LogP contribution in [0.25, 0.3) is 10.2 Å². The first-order valence-electron chi connectivity index (χ1n) is 8.05. The van der Waals surface area contributed by atoms with E-state index in [-0.39, 0.29) is 17.6 Å². The molecule has 1 heterocycles. The van der Waals surface area contributed by atoms with Crippen LogP contribution in [0.1, 0.15) is 32.1 Å². The predicted molar refractivity (Wildman–Crippen MR) is 95.3 cm³/mol. The monoisotopic (exact) mass is 352 g/mol. The molecule has 1 aromatic heterocycles. The van der Waals surface area contributed by atoms with Gasteiger partial charge in [-0.05, 0) is 37.3 Å². The molecule has 23 heavy (non-hydrogen) atoms. The van der Waals surface area contributed by atoms with E-state index in [0.29, 0.717) is 4.80 Å². The van der Waals surface area contributed by atoms with Crippen LogP contribution < -0.4 is 4.80 Å². The number of aromatic nitrogens is 1. The van der Waals surface area contributed by atoms with Crippen molar-refractivity contribution in [3.05, 3.63) is 28.8 Å². The number of fused-ring (bicyclic) bond motifs is 1. The van der Waals surface area contributed by atoms with Gasteiger partial charge in [0.25, 0.3) is 5.91 Å². The molecular formula is C17H21FN2OS2. The number of nitrogens with zero attached hydrogens (tertiary/aromatic N) is 2. The lowest BCUT2D eigenvalue weighted by atomic mass is 9.89. The van der Waals surface area contributed by atoms with Crippen LogP contribution in [-0.4, -0.2) is 22.5 Å². The van der Waals surface area contributed by atoms with E-state index < -0.39 is 0 Å². The molecule has 1 aliphatic rings. The average Bonchev–Trinajstić information content (AvgIpc) is 2.89. The van der Waals surface area contributed by atoms with E-state index >= 15 is 0 Å². The van der Waals surface area contributed by atoms with Gasteiger partial charge in [0.05, 0.1) is 10.2 Å². The van der Waals surface area contributed by atoms with Crippen molar-refractivity contribution in [2.75, 3.05) is 12.0 Å². The Balaban J connectivity index is 2.00. The van der Waals surface area contributed by atoms with Gasteiger partial charge >= 0.3 is 0 Å². The van der Waals surface area contributed by atoms with E-state index in [4.69, 9.17) is 0 Å². The van der Waals surface area contributed by atoms with Crippen LogP contribution in [0.3, 0.4) is 0 Å². The van der Waals surface area contributed by atoms with Gasteiger partial charge in [0.2, 0.25) is 0 Å². The molecule has 0 N–H and O–H groups in total. The van der Waals surface area contributed by atoms with Crippen LogP contribution in [-0.2, 0) is 11.3 Å². The number of amides is 1. The van der Waals surface area contributed by atoms with Crippen molar-refractivity contribution >= 4 is 39.2 Å².